The summed E-state index contributed by atoms with van der Waals surface area (Å²) < 4.78 is 5.72. The number of benzene rings is 3. The van der Waals surface area contributed by atoms with E-state index in [0.717, 1.165) is 96.9 Å². The molecule has 3 aromatic carbocycles. The van der Waals surface area contributed by atoms with Crippen LogP contribution >= 0.6 is 0 Å². The second-order valence-corrected chi connectivity index (χ2v) is 15.3. The van der Waals surface area contributed by atoms with Crippen molar-refractivity contribution in [3.05, 3.63) is 90.3 Å². The predicted molar refractivity (Wildman–Crippen MR) is 220 cm³/mol. The first-order valence-electron chi connectivity index (χ1n) is 19.8. The maximum absolute atomic E-state index is 12.1. The van der Waals surface area contributed by atoms with Gasteiger partial charge in [0.2, 0.25) is 17.7 Å². The zero-order valence-corrected chi connectivity index (χ0v) is 31.8. The van der Waals surface area contributed by atoms with E-state index in [1.165, 1.54) is 24.2 Å². The number of urea groups is 1. The SMILES string of the molecule is Cc1c(-c2ccc3cnc(Nc4ccc(N5CCN(CC6CCN(c7ccc(CN8CCC(=O)NC8=O)cc7)CC6)CC5)cc4)nc3c2)cnc2c1NCCO2. The summed E-state index contributed by atoms with van der Waals surface area (Å²) in [6.07, 6.45) is 6.49. The van der Waals surface area contributed by atoms with Gasteiger partial charge in [0.05, 0.1) is 5.52 Å². The Morgan fingerprint density at radius 3 is 2.36 bits per heavy atom. The molecule has 5 aromatic rings. The molecule has 3 amide bonds. The first-order valence-corrected chi connectivity index (χ1v) is 19.8. The zero-order valence-electron chi connectivity index (χ0n) is 31.8. The number of carbonyl (C=O) groups excluding carboxylic acids is 2. The van der Waals surface area contributed by atoms with E-state index in [4.69, 9.17) is 9.72 Å². The van der Waals surface area contributed by atoms with Gasteiger partial charge in [-0.1, -0.05) is 24.3 Å². The van der Waals surface area contributed by atoms with Gasteiger partial charge in [-0.05, 0) is 84.8 Å². The number of pyridine rings is 1. The summed E-state index contributed by atoms with van der Waals surface area (Å²) in [7, 11) is 0. The fourth-order valence-electron chi connectivity index (χ4n) is 8.36. The number of piperidine rings is 1. The molecule has 6 heterocycles. The summed E-state index contributed by atoms with van der Waals surface area (Å²) in [5, 5.41) is 10.2. The molecule has 3 N–H and O–H groups in total. The van der Waals surface area contributed by atoms with Gasteiger partial charge in [-0.3, -0.25) is 15.0 Å². The van der Waals surface area contributed by atoms with Crippen LogP contribution in [0.3, 0.4) is 0 Å². The maximum atomic E-state index is 12.1. The molecule has 3 fully saturated rings. The van der Waals surface area contributed by atoms with Crippen molar-refractivity contribution in [2.45, 2.75) is 32.7 Å². The Labute approximate surface area is 327 Å². The summed E-state index contributed by atoms with van der Waals surface area (Å²) in [6, 6.07) is 23.1. The highest BCUT2D eigenvalue weighted by atomic mass is 16.5. The summed E-state index contributed by atoms with van der Waals surface area (Å²) in [5.74, 6) is 1.74. The summed E-state index contributed by atoms with van der Waals surface area (Å²) in [6.45, 7) is 12.0. The molecule has 56 heavy (non-hydrogen) atoms. The lowest BCUT2D eigenvalue weighted by molar-refractivity contribution is -0.121. The van der Waals surface area contributed by atoms with Crippen molar-refractivity contribution < 1.29 is 14.3 Å². The van der Waals surface area contributed by atoms with Crippen LogP contribution in [0, 0.1) is 12.8 Å². The highest BCUT2D eigenvalue weighted by molar-refractivity contribution is 5.96. The number of aromatic nitrogens is 3. The fraction of sp³-hybridized carbons (Fsp3) is 0.372. The van der Waals surface area contributed by atoms with Crippen molar-refractivity contribution in [3.63, 3.8) is 0 Å². The van der Waals surface area contributed by atoms with Crippen LogP contribution in [-0.4, -0.2) is 102 Å². The molecule has 13 nitrogen and oxygen atoms in total. The van der Waals surface area contributed by atoms with Gasteiger partial charge in [0.1, 0.15) is 12.3 Å². The summed E-state index contributed by atoms with van der Waals surface area (Å²) >= 11 is 0. The number of nitrogens with zero attached hydrogens (tertiary/aromatic N) is 7. The third kappa shape index (κ3) is 7.76. The highest BCUT2D eigenvalue weighted by Crippen LogP contribution is 2.36. The fourth-order valence-corrected chi connectivity index (χ4v) is 8.36. The van der Waals surface area contributed by atoms with Gasteiger partial charge in [-0.2, -0.15) is 0 Å². The number of amides is 3. The number of rotatable bonds is 9. The van der Waals surface area contributed by atoms with Crippen molar-refractivity contribution in [3.8, 4) is 17.0 Å². The maximum Gasteiger partial charge on any atom is 0.324 e. The van der Waals surface area contributed by atoms with Gasteiger partial charge in [0, 0.05) is 112 Å². The van der Waals surface area contributed by atoms with Gasteiger partial charge >= 0.3 is 6.03 Å². The molecule has 0 aliphatic carbocycles. The number of ether oxygens (including phenoxy) is 1. The number of hydrogen-bond donors (Lipinski definition) is 3. The second kappa shape index (κ2) is 15.7. The number of hydrogen-bond acceptors (Lipinski definition) is 11. The van der Waals surface area contributed by atoms with Crippen LogP contribution in [-0.2, 0) is 11.3 Å². The Morgan fingerprint density at radius 2 is 1.59 bits per heavy atom. The minimum atomic E-state index is -0.301. The predicted octanol–water partition coefficient (Wildman–Crippen LogP) is 6.03. The Morgan fingerprint density at radius 1 is 0.839 bits per heavy atom. The number of piperazine rings is 1. The van der Waals surface area contributed by atoms with Crippen LogP contribution in [0.4, 0.5) is 33.5 Å². The highest BCUT2D eigenvalue weighted by Gasteiger charge is 2.26. The molecule has 3 saturated heterocycles. The van der Waals surface area contributed by atoms with E-state index in [1.807, 2.05) is 12.4 Å². The molecule has 0 unspecified atom stereocenters. The van der Waals surface area contributed by atoms with Crippen LogP contribution < -0.4 is 30.5 Å². The van der Waals surface area contributed by atoms with Crippen LogP contribution in [0.1, 0.15) is 30.4 Å². The molecule has 0 radical (unpaired) electrons. The Kier molecular flexibility index (Phi) is 9.99. The van der Waals surface area contributed by atoms with Gasteiger partial charge < -0.3 is 30.1 Å². The standard InChI is InChI=1S/C43H48N10O3/c1-29-37(26-45-41-40(29)44-15-23-56-41)32-4-5-33-25-46-42(48-38(33)24-32)47-34-6-10-36(11-7-34)52-21-19-50(20-22-52)27-31-12-16-51(17-13-31)35-8-2-30(3-9-35)28-53-18-14-39(54)49-43(53)55/h2-11,24-26,31,44H,12-23,27-28H2,1H3,(H,46,47,48)(H,49,54,55). The minimum absolute atomic E-state index is 0.197. The Bertz CT molecular complexity index is 2210. The van der Waals surface area contributed by atoms with Crippen LogP contribution in [0.2, 0.25) is 0 Å². The minimum Gasteiger partial charge on any atom is -0.474 e. The molecule has 0 bridgehead atoms. The van der Waals surface area contributed by atoms with E-state index < -0.39 is 0 Å². The Balaban J connectivity index is 0.739. The van der Waals surface area contributed by atoms with Crippen molar-refractivity contribution >= 4 is 51.5 Å². The van der Waals surface area contributed by atoms with Crippen molar-refractivity contribution in [1.82, 2.24) is 30.1 Å². The van der Waals surface area contributed by atoms with Gasteiger partial charge in [0.15, 0.2) is 0 Å². The number of imide groups is 1. The van der Waals surface area contributed by atoms with Crippen molar-refractivity contribution in [2.75, 3.05) is 85.9 Å². The van der Waals surface area contributed by atoms with Crippen LogP contribution in [0.15, 0.2) is 79.1 Å². The quantitative estimate of drug-likeness (QED) is 0.163. The average molecular weight is 753 g/mol. The number of anilines is 5. The van der Waals surface area contributed by atoms with E-state index >= 15 is 0 Å². The normalized spacial score (nSPS) is 18.0. The van der Waals surface area contributed by atoms with Crippen molar-refractivity contribution in [2.24, 2.45) is 5.92 Å². The number of carbonyl (C=O) groups is 2. The first-order chi connectivity index (χ1) is 27.4. The number of fused-ring (bicyclic) bond motifs is 2. The van der Waals surface area contributed by atoms with E-state index in [1.54, 1.807) is 4.90 Å². The van der Waals surface area contributed by atoms with Crippen LogP contribution in [0.5, 0.6) is 5.88 Å². The van der Waals surface area contributed by atoms with E-state index in [-0.39, 0.29) is 11.9 Å². The molecule has 0 spiro atoms. The molecule has 288 valence electrons. The molecule has 0 atom stereocenters. The third-order valence-corrected chi connectivity index (χ3v) is 11.6. The van der Waals surface area contributed by atoms with Crippen molar-refractivity contribution in [1.29, 1.82) is 0 Å². The second-order valence-electron chi connectivity index (χ2n) is 15.3. The van der Waals surface area contributed by atoms with E-state index in [9.17, 15) is 9.59 Å². The van der Waals surface area contributed by atoms with Gasteiger partial charge in [-0.15, -0.1) is 0 Å². The zero-order chi connectivity index (χ0) is 38.0. The molecule has 13 heteroatoms. The third-order valence-electron chi connectivity index (χ3n) is 11.6. The number of nitrogens with one attached hydrogen (secondary N) is 3. The molecule has 2 aromatic heterocycles. The smallest absolute Gasteiger partial charge is 0.324 e. The molecule has 4 aliphatic rings. The summed E-state index contributed by atoms with van der Waals surface area (Å²) in [4.78, 5) is 46.9. The molecular weight excluding hydrogens is 705 g/mol. The van der Waals surface area contributed by atoms with Gasteiger partial charge in [0.25, 0.3) is 0 Å². The van der Waals surface area contributed by atoms with Crippen LogP contribution in [0.25, 0.3) is 22.0 Å². The summed E-state index contributed by atoms with van der Waals surface area (Å²) in [5.41, 5.74) is 9.57. The molecular formula is C43H48N10O3. The lowest BCUT2D eigenvalue weighted by atomic mass is 9.95. The van der Waals surface area contributed by atoms with E-state index in [0.29, 0.717) is 43.9 Å². The molecule has 4 aliphatic heterocycles. The van der Waals surface area contributed by atoms with E-state index in [2.05, 4.69) is 114 Å². The molecule has 9 rings (SSSR count). The Hall–Kier alpha value is -5.95. The largest absolute Gasteiger partial charge is 0.474 e. The molecule has 0 saturated carbocycles. The monoisotopic (exact) mass is 752 g/mol. The van der Waals surface area contributed by atoms with Gasteiger partial charge in [-0.25, -0.2) is 19.7 Å². The topological polar surface area (TPSA) is 131 Å². The average Bonchev–Trinajstić information content (AvgIpc) is 3.23. The lowest BCUT2D eigenvalue weighted by Gasteiger charge is -2.40. The first kappa shape index (κ1) is 35.7. The lowest BCUT2D eigenvalue weighted by Crippen LogP contribution is -2.49.